The Balaban J connectivity index is 2.95. The number of rotatable bonds is 3. The minimum Gasteiger partial charge on any atom is -0.508 e. The van der Waals surface area contributed by atoms with Crippen molar-refractivity contribution in [3.05, 3.63) is 22.2 Å². The zero-order chi connectivity index (χ0) is 11.4. The van der Waals surface area contributed by atoms with Crippen molar-refractivity contribution in [2.24, 2.45) is 4.99 Å². The van der Waals surface area contributed by atoms with Gasteiger partial charge in [-0.15, -0.1) is 0 Å². The van der Waals surface area contributed by atoms with E-state index in [-0.39, 0.29) is 5.75 Å². The first kappa shape index (κ1) is 12.0. The van der Waals surface area contributed by atoms with Gasteiger partial charge < -0.3 is 10.0 Å². The van der Waals surface area contributed by atoms with Crippen LogP contribution in [0.25, 0.3) is 0 Å². The van der Waals surface area contributed by atoms with Crippen LogP contribution in [-0.2, 0) is 0 Å². The van der Waals surface area contributed by atoms with E-state index < -0.39 is 0 Å². The minimum atomic E-state index is 0.282. The van der Waals surface area contributed by atoms with Gasteiger partial charge in [0.05, 0.1) is 12.0 Å². The maximum absolute atomic E-state index is 9.46. The molecule has 0 aliphatic rings. The summed E-state index contributed by atoms with van der Waals surface area (Å²) in [6, 6.07) is 3.51. The van der Waals surface area contributed by atoms with Gasteiger partial charge in [0.15, 0.2) is 0 Å². The van der Waals surface area contributed by atoms with Gasteiger partial charge in [0, 0.05) is 18.1 Å². The molecule has 4 heteroatoms. The number of hydrogen-bond donors (Lipinski definition) is 1. The summed E-state index contributed by atoms with van der Waals surface area (Å²) in [5.74, 6) is 0.282. The quantitative estimate of drug-likeness (QED) is 0.677. The third-order valence-corrected chi connectivity index (χ3v) is 2.79. The molecule has 0 heterocycles. The van der Waals surface area contributed by atoms with E-state index in [1.807, 2.05) is 24.9 Å². The number of nitrogens with zero attached hydrogens (tertiary/aromatic N) is 2. The number of hydrogen-bond acceptors (Lipinski definition) is 2. The number of halogens is 1. The fourth-order valence-electron chi connectivity index (χ4n) is 0.997. The Morgan fingerprint density at radius 1 is 1.53 bits per heavy atom. The number of phenols is 1. The van der Waals surface area contributed by atoms with Crippen LogP contribution in [0.15, 0.2) is 21.6 Å². The molecule has 1 N–H and O–H groups in total. The SMILES string of the molecule is CCN(C)C=Nc1cc(C)c(O)cc1Br. The topological polar surface area (TPSA) is 35.8 Å². The van der Waals surface area contributed by atoms with Crippen molar-refractivity contribution < 1.29 is 5.11 Å². The summed E-state index contributed by atoms with van der Waals surface area (Å²) >= 11 is 3.36. The normalized spacial score (nSPS) is 10.9. The second-order valence-corrected chi connectivity index (χ2v) is 4.26. The number of aromatic hydroxyl groups is 1. The predicted molar refractivity (Wildman–Crippen MR) is 67.0 cm³/mol. The van der Waals surface area contributed by atoms with E-state index in [1.54, 1.807) is 12.4 Å². The maximum Gasteiger partial charge on any atom is 0.119 e. The summed E-state index contributed by atoms with van der Waals surface area (Å²) in [7, 11) is 1.96. The van der Waals surface area contributed by atoms with E-state index in [1.165, 1.54) is 0 Å². The van der Waals surface area contributed by atoms with E-state index in [0.717, 1.165) is 22.3 Å². The molecule has 1 aromatic rings. The average molecular weight is 271 g/mol. The number of aliphatic imine (C=N–C) groups is 1. The van der Waals surface area contributed by atoms with Crippen LogP contribution in [0.2, 0.25) is 0 Å². The van der Waals surface area contributed by atoms with Gasteiger partial charge in [-0.2, -0.15) is 0 Å². The van der Waals surface area contributed by atoms with Gasteiger partial charge in [-0.25, -0.2) is 4.99 Å². The molecule has 82 valence electrons. The largest absolute Gasteiger partial charge is 0.508 e. The van der Waals surface area contributed by atoms with Crippen LogP contribution in [0.5, 0.6) is 5.75 Å². The summed E-state index contributed by atoms with van der Waals surface area (Å²) in [5.41, 5.74) is 1.65. The minimum absolute atomic E-state index is 0.282. The average Bonchev–Trinajstić information content (AvgIpc) is 2.21. The Labute approximate surface area is 98.6 Å². The first-order chi connectivity index (χ1) is 7.04. The molecule has 0 fully saturated rings. The number of phenolic OH excluding ortho intramolecular Hbond substituents is 1. The smallest absolute Gasteiger partial charge is 0.119 e. The van der Waals surface area contributed by atoms with Crippen molar-refractivity contribution in [1.82, 2.24) is 4.90 Å². The second kappa shape index (κ2) is 5.16. The zero-order valence-electron chi connectivity index (χ0n) is 9.16. The van der Waals surface area contributed by atoms with Crippen LogP contribution in [0.3, 0.4) is 0 Å². The first-order valence-corrected chi connectivity index (χ1v) is 5.57. The van der Waals surface area contributed by atoms with Gasteiger partial charge in [-0.1, -0.05) is 0 Å². The van der Waals surface area contributed by atoms with Crippen LogP contribution in [0.4, 0.5) is 5.69 Å². The Hall–Kier alpha value is -1.03. The van der Waals surface area contributed by atoms with Crippen LogP contribution < -0.4 is 0 Å². The highest BCUT2D eigenvalue weighted by atomic mass is 79.9. The van der Waals surface area contributed by atoms with E-state index in [2.05, 4.69) is 27.8 Å². The third kappa shape index (κ3) is 3.23. The molecular weight excluding hydrogens is 256 g/mol. The standard InChI is InChI=1S/C11H15BrN2O/c1-4-14(3)7-13-10-5-8(2)11(15)6-9(10)12/h5-7,15H,4H2,1-3H3. The number of benzene rings is 1. The van der Waals surface area contributed by atoms with Crippen LogP contribution >= 0.6 is 15.9 Å². The van der Waals surface area contributed by atoms with E-state index in [4.69, 9.17) is 0 Å². The lowest BCUT2D eigenvalue weighted by Gasteiger charge is -2.09. The summed E-state index contributed by atoms with van der Waals surface area (Å²) < 4.78 is 0.798. The lowest BCUT2D eigenvalue weighted by Crippen LogP contribution is -2.14. The van der Waals surface area contributed by atoms with Crippen LogP contribution in [0.1, 0.15) is 12.5 Å². The molecule has 1 aromatic carbocycles. The van der Waals surface area contributed by atoms with Gasteiger partial charge >= 0.3 is 0 Å². The van der Waals surface area contributed by atoms with Crippen molar-refractivity contribution >= 4 is 28.0 Å². The molecule has 1 rings (SSSR count). The van der Waals surface area contributed by atoms with Gasteiger partial charge in [0.25, 0.3) is 0 Å². The summed E-state index contributed by atoms with van der Waals surface area (Å²) in [6.45, 7) is 4.83. The van der Waals surface area contributed by atoms with E-state index in [0.29, 0.717) is 0 Å². The molecule has 0 aliphatic carbocycles. The lowest BCUT2D eigenvalue weighted by atomic mass is 10.2. The number of aryl methyl sites for hydroxylation is 1. The van der Waals surface area contributed by atoms with Gasteiger partial charge in [-0.05, 0) is 47.5 Å². The summed E-state index contributed by atoms with van der Waals surface area (Å²) in [6.07, 6.45) is 1.77. The first-order valence-electron chi connectivity index (χ1n) is 4.78. The van der Waals surface area contributed by atoms with Gasteiger partial charge in [0.1, 0.15) is 5.75 Å². The fourth-order valence-corrected chi connectivity index (χ4v) is 1.43. The van der Waals surface area contributed by atoms with Crippen molar-refractivity contribution in [2.75, 3.05) is 13.6 Å². The summed E-state index contributed by atoms with van der Waals surface area (Å²) in [5, 5.41) is 9.46. The van der Waals surface area contributed by atoms with Crippen molar-refractivity contribution in [1.29, 1.82) is 0 Å². The monoisotopic (exact) mass is 270 g/mol. The molecule has 0 unspecified atom stereocenters. The van der Waals surface area contributed by atoms with Crippen molar-refractivity contribution in [3.63, 3.8) is 0 Å². The van der Waals surface area contributed by atoms with Gasteiger partial charge in [0.2, 0.25) is 0 Å². The fraction of sp³-hybridized carbons (Fsp3) is 0.364. The Morgan fingerprint density at radius 2 is 2.20 bits per heavy atom. The Morgan fingerprint density at radius 3 is 2.80 bits per heavy atom. The van der Waals surface area contributed by atoms with Crippen LogP contribution in [0, 0.1) is 6.92 Å². The molecule has 0 aromatic heterocycles. The summed E-state index contributed by atoms with van der Waals surface area (Å²) in [4.78, 5) is 6.30. The molecular formula is C11H15BrN2O. The second-order valence-electron chi connectivity index (χ2n) is 3.41. The third-order valence-electron chi connectivity index (χ3n) is 2.16. The molecule has 0 spiro atoms. The molecule has 0 atom stereocenters. The highest BCUT2D eigenvalue weighted by molar-refractivity contribution is 9.10. The maximum atomic E-state index is 9.46. The Kier molecular flexibility index (Phi) is 4.15. The lowest BCUT2D eigenvalue weighted by molar-refractivity contribution is 0.471. The van der Waals surface area contributed by atoms with Crippen molar-refractivity contribution in [2.45, 2.75) is 13.8 Å². The van der Waals surface area contributed by atoms with Crippen molar-refractivity contribution in [3.8, 4) is 5.75 Å². The molecule has 0 amide bonds. The van der Waals surface area contributed by atoms with E-state index in [9.17, 15) is 5.11 Å². The molecule has 3 nitrogen and oxygen atoms in total. The van der Waals surface area contributed by atoms with Crippen LogP contribution in [-0.4, -0.2) is 29.9 Å². The predicted octanol–water partition coefficient (Wildman–Crippen LogP) is 3.07. The molecule has 0 radical (unpaired) electrons. The molecule has 0 saturated heterocycles. The molecule has 0 aliphatic heterocycles. The Bertz CT molecular complexity index is 377. The molecule has 15 heavy (non-hydrogen) atoms. The highest BCUT2D eigenvalue weighted by Crippen LogP contribution is 2.31. The highest BCUT2D eigenvalue weighted by Gasteiger charge is 2.02. The van der Waals surface area contributed by atoms with Gasteiger partial charge in [-0.3, -0.25) is 0 Å². The molecule has 0 saturated carbocycles. The zero-order valence-corrected chi connectivity index (χ0v) is 10.7. The molecule has 0 bridgehead atoms. The van der Waals surface area contributed by atoms with E-state index >= 15 is 0 Å².